The molecule has 5 unspecified atom stereocenters. The van der Waals surface area contributed by atoms with Crippen molar-refractivity contribution in [1.29, 1.82) is 0 Å². The summed E-state index contributed by atoms with van der Waals surface area (Å²) in [4.78, 5) is 73.0. The number of allylic oxidation sites excluding steroid dienone is 26. The first-order valence-corrected chi connectivity index (χ1v) is 42.7. The Morgan fingerprint density at radius 1 is 0.279 bits per heavy atom. The summed E-state index contributed by atoms with van der Waals surface area (Å²) >= 11 is 0. The molecule has 3 N–H and O–H groups in total. The molecule has 0 saturated heterocycles. The molecule has 0 radical (unpaired) electrons. The van der Waals surface area contributed by atoms with E-state index in [0.717, 1.165) is 199 Å². The van der Waals surface area contributed by atoms with E-state index >= 15 is 0 Å². The van der Waals surface area contributed by atoms with Crippen LogP contribution < -0.4 is 0 Å². The summed E-state index contributed by atoms with van der Waals surface area (Å²) in [6, 6.07) is 0. The SMILES string of the molecule is CC/C=C\C/C=C\C/C=C\C/C=C\C/C=C\CCCCCC(=O)OCC(COP(=O)(O)OCC(O)COP(=O)(O)OCC(COC(=O)CCCCCCC/C=C\C/C=C\C/C=C\CC)OC(=O)CCCCCCC/C=C\C/C=C\CCCCC)OC(=O)CCCCCCC/C=C\C/C=C\C/C=C\CC. The van der Waals surface area contributed by atoms with Crippen molar-refractivity contribution in [3.05, 3.63) is 158 Å². The van der Waals surface area contributed by atoms with Gasteiger partial charge in [-0.3, -0.25) is 37.3 Å². The van der Waals surface area contributed by atoms with Crippen LogP contribution in [0.5, 0.6) is 0 Å². The van der Waals surface area contributed by atoms with E-state index in [2.05, 4.69) is 186 Å². The Balaban J connectivity index is 5.44. The zero-order valence-corrected chi connectivity index (χ0v) is 66.4. The average Bonchev–Trinajstić information content (AvgIpc) is 0.918. The predicted octanol–water partition coefficient (Wildman–Crippen LogP) is 23.2. The maximum absolute atomic E-state index is 13.1. The number of aliphatic hydroxyl groups is 1. The molecule has 0 aromatic rings. The van der Waals surface area contributed by atoms with E-state index in [1.54, 1.807) is 0 Å². The number of esters is 4. The van der Waals surface area contributed by atoms with Crippen molar-refractivity contribution in [2.24, 2.45) is 0 Å². The Hall–Kier alpha value is -5.32. The van der Waals surface area contributed by atoms with Crippen molar-refractivity contribution in [3.63, 3.8) is 0 Å². The lowest BCUT2D eigenvalue weighted by molar-refractivity contribution is -0.161. The van der Waals surface area contributed by atoms with Gasteiger partial charge >= 0.3 is 39.5 Å². The van der Waals surface area contributed by atoms with Crippen LogP contribution in [0.25, 0.3) is 0 Å². The van der Waals surface area contributed by atoms with Crippen molar-refractivity contribution < 1.29 is 80.2 Å². The lowest BCUT2D eigenvalue weighted by atomic mass is 10.1. The fourth-order valence-electron chi connectivity index (χ4n) is 10.0. The van der Waals surface area contributed by atoms with Gasteiger partial charge in [0.05, 0.1) is 26.4 Å². The summed E-state index contributed by atoms with van der Waals surface area (Å²) in [6.45, 7) is 4.41. The third-order valence-electron chi connectivity index (χ3n) is 16.0. The van der Waals surface area contributed by atoms with Gasteiger partial charge in [-0.05, 0) is 167 Å². The van der Waals surface area contributed by atoms with Gasteiger partial charge in [0.2, 0.25) is 0 Å². The average molecular weight is 1500 g/mol. The maximum Gasteiger partial charge on any atom is 0.472 e. The Morgan fingerprint density at radius 2 is 0.500 bits per heavy atom. The molecule has 0 aliphatic heterocycles. The normalized spacial score (nSPS) is 14.7. The molecule has 0 aliphatic carbocycles. The van der Waals surface area contributed by atoms with Gasteiger partial charge in [-0.2, -0.15) is 0 Å². The molecule has 0 spiro atoms. The minimum absolute atomic E-state index is 0.0620. The van der Waals surface area contributed by atoms with Crippen LogP contribution in [0.4, 0.5) is 0 Å². The topological polar surface area (TPSA) is 237 Å². The Kier molecular flexibility index (Phi) is 72.0. The second-order valence-electron chi connectivity index (χ2n) is 25.9. The summed E-state index contributed by atoms with van der Waals surface area (Å²) in [5, 5.41) is 10.6. The highest BCUT2D eigenvalue weighted by atomic mass is 31.2. The van der Waals surface area contributed by atoms with Crippen LogP contribution in [0.15, 0.2) is 158 Å². The van der Waals surface area contributed by atoms with Crippen LogP contribution in [0.1, 0.15) is 297 Å². The fraction of sp³-hybridized carbons (Fsp3) is 0.647. The summed E-state index contributed by atoms with van der Waals surface area (Å²) in [6.07, 6.45) is 87.9. The van der Waals surface area contributed by atoms with E-state index in [9.17, 15) is 43.2 Å². The largest absolute Gasteiger partial charge is 0.472 e. The molecule has 0 aromatic heterocycles. The van der Waals surface area contributed by atoms with E-state index in [1.165, 1.54) is 19.3 Å². The number of carbonyl (C=O) groups is 4. The molecule has 104 heavy (non-hydrogen) atoms. The van der Waals surface area contributed by atoms with Crippen LogP contribution in [0, 0.1) is 0 Å². The zero-order valence-electron chi connectivity index (χ0n) is 64.6. The molecule has 0 aromatic carbocycles. The number of phosphoric ester groups is 2. The van der Waals surface area contributed by atoms with Gasteiger partial charge in [0.1, 0.15) is 19.3 Å². The number of ether oxygens (including phenoxy) is 4. The van der Waals surface area contributed by atoms with E-state index in [-0.39, 0.29) is 25.7 Å². The molecule has 5 atom stereocenters. The predicted molar refractivity (Wildman–Crippen MR) is 427 cm³/mol. The number of rotatable bonds is 73. The molecule has 19 heteroatoms. The number of carbonyl (C=O) groups excluding carboxylic acids is 4. The number of hydrogen-bond donors (Lipinski definition) is 3. The lowest BCUT2D eigenvalue weighted by Crippen LogP contribution is -2.30. The summed E-state index contributed by atoms with van der Waals surface area (Å²) in [7, 11) is -9.99. The number of phosphoric acid groups is 2. The molecule has 0 rings (SSSR count). The molecular formula is C85H140O17P2. The molecule has 0 bridgehead atoms. The maximum atomic E-state index is 13.1. The van der Waals surface area contributed by atoms with E-state index < -0.39 is 97.5 Å². The van der Waals surface area contributed by atoms with Gasteiger partial charge in [-0.15, -0.1) is 0 Å². The first-order chi connectivity index (χ1) is 50.7. The van der Waals surface area contributed by atoms with Gasteiger partial charge in [-0.25, -0.2) is 9.13 Å². The monoisotopic (exact) mass is 1490 g/mol. The number of aliphatic hydroxyl groups excluding tert-OH is 1. The highest BCUT2D eigenvalue weighted by Crippen LogP contribution is 2.45. The quantitative estimate of drug-likeness (QED) is 0.0169. The smallest absolute Gasteiger partial charge is 0.462 e. The lowest BCUT2D eigenvalue weighted by Gasteiger charge is -2.21. The van der Waals surface area contributed by atoms with Gasteiger partial charge in [0.15, 0.2) is 12.2 Å². The number of unbranched alkanes of at least 4 members (excludes halogenated alkanes) is 21. The minimum Gasteiger partial charge on any atom is -0.462 e. The van der Waals surface area contributed by atoms with Crippen molar-refractivity contribution >= 4 is 39.5 Å². The van der Waals surface area contributed by atoms with Crippen molar-refractivity contribution in [2.45, 2.75) is 316 Å². The molecule has 0 aliphatic rings. The van der Waals surface area contributed by atoms with E-state index in [4.69, 9.17) is 37.0 Å². The van der Waals surface area contributed by atoms with Crippen LogP contribution in [0.3, 0.4) is 0 Å². The molecule has 0 heterocycles. The third kappa shape index (κ3) is 74.9. The summed E-state index contributed by atoms with van der Waals surface area (Å²) < 4.78 is 68.6. The Morgan fingerprint density at radius 3 is 0.779 bits per heavy atom. The van der Waals surface area contributed by atoms with Gasteiger partial charge in [-0.1, -0.05) is 263 Å². The van der Waals surface area contributed by atoms with Crippen molar-refractivity contribution in [1.82, 2.24) is 0 Å². The Bertz CT molecular complexity index is 2590. The first-order valence-electron chi connectivity index (χ1n) is 39.7. The number of hydrogen-bond acceptors (Lipinski definition) is 15. The molecule has 17 nitrogen and oxygen atoms in total. The van der Waals surface area contributed by atoms with Crippen LogP contribution in [-0.2, 0) is 65.4 Å². The van der Waals surface area contributed by atoms with Crippen LogP contribution >= 0.6 is 15.6 Å². The zero-order chi connectivity index (χ0) is 76.0. The van der Waals surface area contributed by atoms with Crippen molar-refractivity contribution in [2.75, 3.05) is 39.6 Å². The Labute approximate surface area is 629 Å². The molecule has 0 fully saturated rings. The van der Waals surface area contributed by atoms with E-state index in [1.807, 2.05) is 0 Å². The van der Waals surface area contributed by atoms with Gasteiger partial charge in [0, 0.05) is 25.7 Å². The summed E-state index contributed by atoms with van der Waals surface area (Å²) in [5.41, 5.74) is 0. The fourth-order valence-corrected chi connectivity index (χ4v) is 11.6. The van der Waals surface area contributed by atoms with Crippen LogP contribution in [0.2, 0.25) is 0 Å². The van der Waals surface area contributed by atoms with Gasteiger partial charge in [0.25, 0.3) is 0 Å². The minimum atomic E-state index is -5.00. The second kappa shape index (κ2) is 75.9. The molecule has 592 valence electrons. The van der Waals surface area contributed by atoms with Crippen molar-refractivity contribution in [3.8, 4) is 0 Å². The highest BCUT2D eigenvalue weighted by Gasteiger charge is 2.30. The summed E-state index contributed by atoms with van der Waals surface area (Å²) in [5.74, 6) is -2.27. The molecule has 0 amide bonds. The highest BCUT2D eigenvalue weighted by molar-refractivity contribution is 7.47. The molecule has 0 saturated carbocycles. The standard InChI is InChI=1S/C85H140O17P2/c1-5-9-13-17-21-25-29-33-37-38-39-40-44-46-50-54-58-62-66-70-83(88)96-76-81(102-85(90)72-68-64-60-56-52-48-43-36-32-28-24-20-16-12-8-4)78-100-104(93,94)98-74-79(86)73-97-103(91,92)99-77-80(101-84(89)71-67-63-59-55-51-47-42-35-31-27-23-19-15-11-7-3)75-95-82(87)69-65-61-57-53-49-45-41-34-30-26-22-18-14-10-6-2/h9-10,12-14,16,21-28,33-37,39-43,46,50,79-81,86H,5-8,11,15,17-20,29-32,38,44-45,47-49,51-78H2,1-4H3,(H,91,92)(H,93,94)/b13-9-,14-10-,16-12-,25-21-,26-22-,27-23-,28-24-,37-33-,40-39-,41-34-,42-35-,43-36-,50-46-. The van der Waals surface area contributed by atoms with E-state index in [0.29, 0.717) is 25.7 Å². The second-order valence-corrected chi connectivity index (χ2v) is 28.8. The first kappa shape index (κ1) is 98.7. The third-order valence-corrected chi connectivity index (χ3v) is 17.9. The van der Waals surface area contributed by atoms with Gasteiger partial charge < -0.3 is 33.8 Å². The molecular weight excluding hydrogens is 1350 g/mol. The van der Waals surface area contributed by atoms with Crippen LogP contribution in [-0.4, -0.2) is 96.7 Å².